The van der Waals surface area contributed by atoms with Gasteiger partial charge < -0.3 is 10.2 Å². The van der Waals surface area contributed by atoms with E-state index in [-0.39, 0.29) is 5.91 Å². The van der Waals surface area contributed by atoms with Crippen LogP contribution in [0.25, 0.3) is 0 Å². The number of pyridine rings is 1. The van der Waals surface area contributed by atoms with Crippen molar-refractivity contribution >= 4 is 29.1 Å². The number of nitrogens with zero attached hydrogens (tertiary/aromatic N) is 3. The zero-order valence-electron chi connectivity index (χ0n) is 13.6. The van der Waals surface area contributed by atoms with Crippen LogP contribution < -0.4 is 10.2 Å². The minimum absolute atomic E-state index is 0.211. The number of aromatic nitrogens is 3. The summed E-state index contributed by atoms with van der Waals surface area (Å²) in [7, 11) is 0. The van der Waals surface area contributed by atoms with Gasteiger partial charge in [-0.25, -0.2) is 4.98 Å². The molecule has 1 aliphatic carbocycles. The number of halogens is 1. The molecule has 3 heterocycles. The van der Waals surface area contributed by atoms with E-state index in [9.17, 15) is 4.79 Å². The Hall–Kier alpha value is -2.08. The molecule has 1 aliphatic heterocycles. The van der Waals surface area contributed by atoms with Gasteiger partial charge in [0.25, 0.3) is 5.91 Å². The Labute approximate surface area is 145 Å². The Kier molecular flexibility index (Phi) is 3.92. The van der Waals surface area contributed by atoms with Crippen molar-refractivity contribution < 1.29 is 4.79 Å². The molecule has 7 heteroatoms. The molecule has 2 fully saturated rings. The summed E-state index contributed by atoms with van der Waals surface area (Å²) in [5, 5.41) is 10.5. The van der Waals surface area contributed by atoms with Crippen LogP contribution in [0.2, 0.25) is 5.15 Å². The Morgan fingerprint density at radius 1 is 1.33 bits per heavy atom. The molecule has 1 saturated heterocycles. The molecule has 0 spiro atoms. The lowest BCUT2D eigenvalue weighted by molar-refractivity contribution is 0.102. The van der Waals surface area contributed by atoms with Crippen LogP contribution in [-0.4, -0.2) is 34.2 Å². The fourth-order valence-corrected chi connectivity index (χ4v) is 3.41. The molecule has 0 atom stereocenters. The van der Waals surface area contributed by atoms with E-state index in [1.165, 1.54) is 12.8 Å². The molecule has 2 N–H and O–H groups in total. The third kappa shape index (κ3) is 2.98. The number of nitrogens with one attached hydrogen (secondary N) is 2. The van der Waals surface area contributed by atoms with Crippen LogP contribution in [0, 0.1) is 6.92 Å². The molecule has 2 aromatic heterocycles. The van der Waals surface area contributed by atoms with Crippen LogP contribution in [0.4, 0.5) is 11.6 Å². The SMILES string of the molecule is Cc1c(NC(=O)c2cc(Cl)nc(N3CCCC3)c2)n[nH]c1C1CC1. The summed E-state index contributed by atoms with van der Waals surface area (Å²) < 4.78 is 0. The highest BCUT2D eigenvalue weighted by atomic mass is 35.5. The van der Waals surface area contributed by atoms with Crippen LogP contribution in [0.1, 0.15) is 53.2 Å². The zero-order chi connectivity index (χ0) is 16.7. The van der Waals surface area contributed by atoms with Crippen molar-refractivity contribution in [3.63, 3.8) is 0 Å². The van der Waals surface area contributed by atoms with Crippen molar-refractivity contribution in [2.75, 3.05) is 23.3 Å². The Morgan fingerprint density at radius 2 is 2.08 bits per heavy atom. The molecule has 1 amide bonds. The Balaban J connectivity index is 1.55. The summed E-state index contributed by atoms with van der Waals surface area (Å²) in [5.74, 6) is 1.72. The number of anilines is 2. The van der Waals surface area contributed by atoms with Gasteiger partial charge in [0.2, 0.25) is 0 Å². The fraction of sp³-hybridized carbons (Fsp3) is 0.471. The standard InChI is InChI=1S/C17H20ClN5O/c1-10-15(11-4-5-11)21-22-16(10)20-17(24)12-8-13(18)19-14(9-12)23-6-2-3-7-23/h8-9,11H,2-7H2,1H3,(H2,20,21,22,24). The molecular formula is C17H20ClN5O. The highest BCUT2D eigenvalue weighted by Gasteiger charge is 2.28. The van der Waals surface area contributed by atoms with Gasteiger partial charge in [0.1, 0.15) is 11.0 Å². The largest absolute Gasteiger partial charge is 0.357 e. The monoisotopic (exact) mass is 345 g/mol. The number of amides is 1. The van der Waals surface area contributed by atoms with Crippen molar-refractivity contribution in [3.05, 3.63) is 34.1 Å². The van der Waals surface area contributed by atoms with Gasteiger partial charge in [-0.3, -0.25) is 9.89 Å². The third-order valence-corrected chi connectivity index (χ3v) is 4.93. The maximum absolute atomic E-state index is 12.6. The van der Waals surface area contributed by atoms with E-state index in [4.69, 9.17) is 11.6 Å². The second-order valence-electron chi connectivity index (χ2n) is 6.57. The first-order valence-corrected chi connectivity index (χ1v) is 8.78. The highest BCUT2D eigenvalue weighted by molar-refractivity contribution is 6.30. The number of aromatic amines is 1. The van der Waals surface area contributed by atoms with Crippen LogP contribution in [0.15, 0.2) is 12.1 Å². The third-order valence-electron chi connectivity index (χ3n) is 4.74. The minimum Gasteiger partial charge on any atom is -0.357 e. The Bertz CT molecular complexity index is 777. The minimum atomic E-state index is -0.211. The summed E-state index contributed by atoms with van der Waals surface area (Å²) in [5.41, 5.74) is 2.66. The second kappa shape index (κ2) is 6.09. The predicted octanol–water partition coefficient (Wildman–Crippen LogP) is 3.50. The average Bonchev–Trinajstić information content (AvgIpc) is 3.12. The number of rotatable bonds is 4. The van der Waals surface area contributed by atoms with Crippen LogP contribution in [0.5, 0.6) is 0 Å². The van der Waals surface area contributed by atoms with E-state index in [0.717, 1.165) is 43.0 Å². The molecule has 126 valence electrons. The lowest BCUT2D eigenvalue weighted by Gasteiger charge is -2.17. The lowest BCUT2D eigenvalue weighted by atomic mass is 10.2. The number of carbonyl (C=O) groups excluding carboxylic acids is 1. The van der Waals surface area contributed by atoms with Crippen molar-refractivity contribution in [1.82, 2.24) is 15.2 Å². The quantitative estimate of drug-likeness (QED) is 0.832. The van der Waals surface area contributed by atoms with Gasteiger partial charge in [0.05, 0.1) is 0 Å². The predicted molar refractivity (Wildman–Crippen MR) is 93.9 cm³/mol. The second-order valence-corrected chi connectivity index (χ2v) is 6.96. The van der Waals surface area contributed by atoms with Crippen molar-refractivity contribution in [2.24, 2.45) is 0 Å². The van der Waals surface area contributed by atoms with E-state index in [1.54, 1.807) is 12.1 Å². The van der Waals surface area contributed by atoms with E-state index in [1.807, 2.05) is 6.92 Å². The summed E-state index contributed by atoms with van der Waals surface area (Å²) in [6.45, 7) is 3.90. The number of H-pyrrole nitrogens is 1. The van der Waals surface area contributed by atoms with Gasteiger partial charge in [-0.15, -0.1) is 0 Å². The van der Waals surface area contributed by atoms with Crippen molar-refractivity contribution in [3.8, 4) is 0 Å². The first-order valence-electron chi connectivity index (χ1n) is 8.40. The smallest absolute Gasteiger partial charge is 0.257 e. The maximum atomic E-state index is 12.6. The molecule has 1 saturated carbocycles. The van der Waals surface area contributed by atoms with Crippen LogP contribution in [0.3, 0.4) is 0 Å². The van der Waals surface area contributed by atoms with Gasteiger partial charge in [-0.1, -0.05) is 11.6 Å². The number of hydrogen-bond acceptors (Lipinski definition) is 4. The molecule has 2 aromatic rings. The van der Waals surface area contributed by atoms with Crippen molar-refractivity contribution in [2.45, 2.75) is 38.5 Å². The fourth-order valence-electron chi connectivity index (χ4n) is 3.20. The maximum Gasteiger partial charge on any atom is 0.257 e. The molecule has 2 aliphatic rings. The van der Waals surface area contributed by atoms with E-state index < -0.39 is 0 Å². The van der Waals surface area contributed by atoms with Gasteiger partial charge in [0.15, 0.2) is 5.82 Å². The normalized spacial score (nSPS) is 17.3. The first kappa shape index (κ1) is 15.4. The van der Waals surface area contributed by atoms with Crippen LogP contribution in [-0.2, 0) is 0 Å². The zero-order valence-corrected chi connectivity index (χ0v) is 14.4. The molecule has 6 nitrogen and oxygen atoms in total. The molecule has 0 radical (unpaired) electrons. The molecule has 0 bridgehead atoms. The van der Waals surface area contributed by atoms with Gasteiger partial charge in [0, 0.05) is 35.8 Å². The van der Waals surface area contributed by atoms with Gasteiger partial charge >= 0.3 is 0 Å². The topological polar surface area (TPSA) is 73.9 Å². The summed E-state index contributed by atoms with van der Waals surface area (Å²) in [6.07, 6.45) is 4.67. The van der Waals surface area contributed by atoms with Gasteiger partial charge in [-0.05, 0) is 44.7 Å². The average molecular weight is 346 g/mol. The molecule has 0 unspecified atom stereocenters. The summed E-state index contributed by atoms with van der Waals surface area (Å²) in [6, 6.07) is 3.40. The van der Waals surface area contributed by atoms with E-state index >= 15 is 0 Å². The molecule has 4 rings (SSSR count). The molecule has 0 aromatic carbocycles. The lowest BCUT2D eigenvalue weighted by Crippen LogP contribution is -2.20. The van der Waals surface area contributed by atoms with Crippen LogP contribution >= 0.6 is 11.6 Å². The number of carbonyl (C=O) groups is 1. The Morgan fingerprint density at radius 3 is 2.79 bits per heavy atom. The summed E-state index contributed by atoms with van der Waals surface area (Å²) in [4.78, 5) is 19.1. The molecular weight excluding hydrogens is 326 g/mol. The van der Waals surface area contributed by atoms with E-state index in [0.29, 0.717) is 22.5 Å². The summed E-state index contributed by atoms with van der Waals surface area (Å²) >= 11 is 6.12. The van der Waals surface area contributed by atoms with Gasteiger partial charge in [-0.2, -0.15) is 5.10 Å². The van der Waals surface area contributed by atoms with E-state index in [2.05, 4.69) is 25.4 Å². The highest BCUT2D eigenvalue weighted by Crippen LogP contribution is 2.41. The first-order chi connectivity index (χ1) is 11.6. The van der Waals surface area contributed by atoms with Crippen molar-refractivity contribution in [1.29, 1.82) is 0 Å². The molecule has 24 heavy (non-hydrogen) atoms. The number of hydrogen-bond donors (Lipinski definition) is 2.